The molecule has 1 N–H and O–H groups in total. The Kier molecular flexibility index (Phi) is 4.95. The number of halogens is 5. The van der Waals surface area contributed by atoms with Crippen LogP contribution in [0.3, 0.4) is 0 Å². The van der Waals surface area contributed by atoms with Crippen LogP contribution < -0.4 is 4.74 Å². The van der Waals surface area contributed by atoms with Crippen molar-refractivity contribution in [3.05, 3.63) is 64.5 Å². The number of aliphatic hydroxyl groups is 1. The van der Waals surface area contributed by atoms with Crippen LogP contribution >= 0.6 is 0 Å². The average molecular weight is 332 g/mol. The van der Waals surface area contributed by atoms with Crippen molar-refractivity contribution < 1.29 is 36.6 Å². The predicted molar refractivity (Wildman–Crippen MR) is 67.9 cm³/mol. The van der Waals surface area contributed by atoms with Crippen LogP contribution in [0.4, 0.5) is 22.0 Å². The summed E-state index contributed by atoms with van der Waals surface area (Å²) in [6.07, 6.45) is -0.453. The number of carbonyl (C=O) groups is 1. The smallest absolute Gasteiger partial charge is 0.315 e. The molecule has 122 valence electrons. The maximum Gasteiger partial charge on any atom is 0.315 e. The maximum atomic E-state index is 13.4. The molecule has 0 radical (unpaired) electrons. The van der Waals surface area contributed by atoms with Gasteiger partial charge in [0.25, 0.3) is 0 Å². The van der Waals surface area contributed by atoms with Crippen molar-refractivity contribution in [2.45, 2.75) is 13.0 Å². The molecule has 0 aliphatic carbocycles. The fraction of sp³-hybridized carbons (Fsp3) is 0.133. The number of hydrogen-bond donors (Lipinski definition) is 1. The number of rotatable bonds is 4. The second-order valence-electron chi connectivity index (χ2n) is 4.52. The first-order valence-corrected chi connectivity index (χ1v) is 6.26. The Hall–Kier alpha value is -2.48. The van der Waals surface area contributed by atoms with Gasteiger partial charge in [-0.25, -0.2) is 13.2 Å². The molecule has 23 heavy (non-hydrogen) atoms. The monoisotopic (exact) mass is 332 g/mol. The van der Waals surface area contributed by atoms with Gasteiger partial charge in [-0.3, -0.25) is 4.79 Å². The van der Waals surface area contributed by atoms with Gasteiger partial charge in [0.05, 0.1) is 13.0 Å². The molecule has 0 aliphatic heterocycles. The summed E-state index contributed by atoms with van der Waals surface area (Å²) in [6.45, 7) is -0.213. The molecule has 0 atom stereocenters. The third-order valence-corrected chi connectivity index (χ3v) is 2.94. The van der Waals surface area contributed by atoms with E-state index in [1.165, 1.54) is 24.3 Å². The molecule has 2 aromatic rings. The molecule has 8 heteroatoms. The third-order valence-electron chi connectivity index (χ3n) is 2.94. The molecule has 2 rings (SSSR count). The minimum absolute atomic E-state index is 0.213. The predicted octanol–water partition coefficient (Wildman–Crippen LogP) is 3.02. The van der Waals surface area contributed by atoms with E-state index in [4.69, 9.17) is 5.11 Å². The normalized spacial score (nSPS) is 10.7. The molecule has 0 saturated carbocycles. The molecule has 3 nitrogen and oxygen atoms in total. The Morgan fingerprint density at radius 2 is 1.26 bits per heavy atom. The van der Waals surface area contributed by atoms with Crippen LogP contribution in [0.2, 0.25) is 0 Å². The van der Waals surface area contributed by atoms with Gasteiger partial charge in [-0.2, -0.15) is 8.78 Å². The van der Waals surface area contributed by atoms with Crippen LogP contribution in [-0.4, -0.2) is 11.1 Å². The largest absolute Gasteiger partial charge is 0.420 e. The van der Waals surface area contributed by atoms with Crippen molar-refractivity contribution in [2.24, 2.45) is 0 Å². The lowest BCUT2D eigenvalue weighted by Crippen LogP contribution is -2.15. The zero-order valence-corrected chi connectivity index (χ0v) is 11.4. The SMILES string of the molecule is O=C(Cc1ccc(CO)cc1)Oc1c(F)c(F)c(F)c(F)c1F. The van der Waals surface area contributed by atoms with Crippen LogP contribution in [0, 0.1) is 29.1 Å². The first kappa shape index (κ1) is 16.9. The van der Waals surface area contributed by atoms with Gasteiger partial charge in [-0.1, -0.05) is 24.3 Å². The Morgan fingerprint density at radius 3 is 1.74 bits per heavy atom. The average Bonchev–Trinajstić information content (AvgIpc) is 2.56. The van der Waals surface area contributed by atoms with E-state index in [2.05, 4.69) is 4.74 Å². The van der Waals surface area contributed by atoms with Crippen LogP contribution in [0.1, 0.15) is 11.1 Å². The van der Waals surface area contributed by atoms with Crippen LogP contribution in [0.5, 0.6) is 5.75 Å². The van der Waals surface area contributed by atoms with Gasteiger partial charge in [-0.05, 0) is 11.1 Å². The van der Waals surface area contributed by atoms with E-state index < -0.39 is 47.2 Å². The Bertz CT molecular complexity index is 715. The van der Waals surface area contributed by atoms with E-state index in [0.29, 0.717) is 11.1 Å². The van der Waals surface area contributed by atoms with E-state index in [0.717, 1.165) is 0 Å². The summed E-state index contributed by atoms with van der Waals surface area (Å²) in [7, 11) is 0. The zero-order valence-electron chi connectivity index (χ0n) is 11.4. The lowest BCUT2D eigenvalue weighted by atomic mass is 10.1. The Morgan fingerprint density at radius 1 is 0.826 bits per heavy atom. The maximum absolute atomic E-state index is 13.4. The van der Waals surface area contributed by atoms with Crippen LogP contribution in [-0.2, 0) is 17.8 Å². The molecular formula is C15H9F5O3. The molecular weight excluding hydrogens is 323 g/mol. The number of benzene rings is 2. The lowest BCUT2D eigenvalue weighted by Gasteiger charge is -2.09. The summed E-state index contributed by atoms with van der Waals surface area (Å²) in [4.78, 5) is 11.6. The minimum Gasteiger partial charge on any atom is -0.420 e. The topological polar surface area (TPSA) is 46.5 Å². The van der Waals surface area contributed by atoms with Crippen molar-refractivity contribution >= 4 is 5.97 Å². The van der Waals surface area contributed by atoms with E-state index in [-0.39, 0.29) is 6.61 Å². The van der Waals surface area contributed by atoms with Crippen molar-refractivity contribution in [3.63, 3.8) is 0 Å². The van der Waals surface area contributed by atoms with E-state index >= 15 is 0 Å². The number of hydrogen-bond acceptors (Lipinski definition) is 3. The highest BCUT2D eigenvalue weighted by Gasteiger charge is 2.28. The number of esters is 1. The molecule has 0 aromatic heterocycles. The molecule has 0 bridgehead atoms. The van der Waals surface area contributed by atoms with Crippen molar-refractivity contribution in [1.82, 2.24) is 0 Å². The highest BCUT2D eigenvalue weighted by molar-refractivity contribution is 5.75. The number of aliphatic hydroxyl groups excluding tert-OH is 1. The molecule has 0 aliphatic rings. The summed E-state index contributed by atoms with van der Waals surface area (Å²) >= 11 is 0. The molecule has 0 saturated heterocycles. The van der Waals surface area contributed by atoms with Gasteiger partial charge < -0.3 is 9.84 Å². The summed E-state index contributed by atoms with van der Waals surface area (Å²) in [6, 6.07) is 5.90. The van der Waals surface area contributed by atoms with Crippen LogP contribution in [0.25, 0.3) is 0 Å². The number of ether oxygens (including phenoxy) is 1. The highest BCUT2D eigenvalue weighted by Crippen LogP contribution is 2.29. The van der Waals surface area contributed by atoms with E-state index in [1.807, 2.05) is 0 Å². The fourth-order valence-electron chi connectivity index (χ4n) is 1.75. The van der Waals surface area contributed by atoms with Gasteiger partial charge in [0.2, 0.25) is 34.8 Å². The molecule has 0 amide bonds. The van der Waals surface area contributed by atoms with Crippen molar-refractivity contribution in [2.75, 3.05) is 0 Å². The van der Waals surface area contributed by atoms with Gasteiger partial charge in [0.1, 0.15) is 0 Å². The molecule has 0 unspecified atom stereocenters. The minimum atomic E-state index is -2.33. The first-order chi connectivity index (χ1) is 10.8. The quantitative estimate of drug-likeness (QED) is 0.308. The second-order valence-corrected chi connectivity index (χ2v) is 4.52. The summed E-state index contributed by atoms with van der Waals surface area (Å²) in [5.74, 6) is -14.0. The van der Waals surface area contributed by atoms with E-state index in [9.17, 15) is 26.7 Å². The Balaban J connectivity index is 2.20. The van der Waals surface area contributed by atoms with E-state index in [1.54, 1.807) is 0 Å². The molecule has 0 fully saturated rings. The highest BCUT2D eigenvalue weighted by atomic mass is 19.2. The van der Waals surface area contributed by atoms with Gasteiger partial charge in [0, 0.05) is 0 Å². The summed E-state index contributed by atoms with van der Waals surface area (Å²) in [5.41, 5.74) is 0.943. The summed E-state index contributed by atoms with van der Waals surface area (Å²) < 4.78 is 69.9. The first-order valence-electron chi connectivity index (χ1n) is 6.26. The van der Waals surface area contributed by atoms with Crippen LogP contribution in [0.15, 0.2) is 24.3 Å². The van der Waals surface area contributed by atoms with Gasteiger partial charge >= 0.3 is 5.97 Å². The third kappa shape index (κ3) is 3.48. The Labute approximate surface area is 126 Å². The van der Waals surface area contributed by atoms with Gasteiger partial charge in [0.15, 0.2) is 0 Å². The van der Waals surface area contributed by atoms with Crippen molar-refractivity contribution in [1.29, 1.82) is 0 Å². The molecule has 0 heterocycles. The van der Waals surface area contributed by atoms with Gasteiger partial charge in [-0.15, -0.1) is 0 Å². The van der Waals surface area contributed by atoms with Crippen molar-refractivity contribution in [3.8, 4) is 5.75 Å². The zero-order chi connectivity index (χ0) is 17.1. The standard InChI is InChI=1S/C15H9F5O3/c16-10-11(17)13(19)15(14(20)12(10)18)23-9(22)5-7-1-3-8(6-21)4-2-7/h1-4,21H,5-6H2. The summed E-state index contributed by atoms with van der Waals surface area (Å²) in [5, 5.41) is 8.86. The fourth-order valence-corrected chi connectivity index (χ4v) is 1.75. The number of carbonyl (C=O) groups excluding carboxylic acids is 1. The second kappa shape index (κ2) is 6.74. The lowest BCUT2D eigenvalue weighted by molar-refractivity contribution is -0.134. The molecule has 2 aromatic carbocycles. The molecule has 0 spiro atoms.